The fourth-order valence-corrected chi connectivity index (χ4v) is 2.12. The first-order chi connectivity index (χ1) is 9.85. The van der Waals surface area contributed by atoms with Gasteiger partial charge in [0.05, 0.1) is 7.11 Å². The monoisotopic (exact) mass is 275 g/mol. The molecule has 0 atom stereocenters. The summed E-state index contributed by atoms with van der Waals surface area (Å²) in [6.45, 7) is 2.68. The van der Waals surface area contributed by atoms with Crippen LogP contribution in [0.25, 0.3) is 0 Å². The first kappa shape index (κ1) is 12.6. The zero-order valence-electron chi connectivity index (χ0n) is 11.3. The number of rotatable bonds is 5. The van der Waals surface area contributed by atoms with Gasteiger partial charge in [0.1, 0.15) is 0 Å². The van der Waals surface area contributed by atoms with E-state index in [1.165, 1.54) is 20.0 Å². The van der Waals surface area contributed by atoms with Gasteiger partial charge >= 0.3 is 6.01 Å². The molecule has 2 aromatic heterocycles. The molecule has 1 fully saturated rings. The number of hydrogen-bond donors (Lipinski definition) is 2. The minimum atomic E-state index is 0.313. The largest absolute Gasteiger partial charge is 0.466 e. The van der Waals surface area contributed by atoms with E-state index in [0.717, 1.165) is 24.6 Å². The van der Waals surface area contributed by atoms with Gasteiger partial charge in [0, 0.05) is 37.6 Å². The maximum Gasteiger partial charge on any atom is 0.336 e. The Morgan fingerprint density at radius 1 is 1.30 bits per heavy atom. The molecule has 0 amide bonds. The van der Waals surface area contributed by atoms with E-state index in [4.69, 9.17) is 4.74 Å². The summed E-state index contributed by atoms with van der Waals surface area (Å²) in [5, 5.41) is 9.69. The van der Waals surface area contributed by atoms with Gasteiger partial charge in [-0.25, -0.2) is 15.1 Å². The van der Waals surface area contributed by atoms with Gasteiger partial charge in [-0.1, -0.05) is 0 Å². The minimum Gasteiger partial charge on any atom is -0.466 e. The van der Waals surface area contributed by atoms with Crippen molar-refractivity contribution in [3.63, 3.8) is 0 Å². The highest BCUT2D eigenvalue weighted by Gasteiger charge is 2.14. The lowest BCUT2D eigenvalue weighted by Gasteiger charge is -2.14. The van der Waals surface area contributed by atoms with E-state index in [-0.39, 0.29) is 0 Å². The number of nitrogens with one attached hydrogen (secondary N) is 2. The van der Waals surface area contributed by atoms with Crippen molar-refractivity contribution in [2.75, 3.05) is 30.4 Å². The van der Waals surface area contributed by atoms with Gasteiger partial charge in [-0.15, -0.1) is 5.10 Å². The zero-order valence-corrected chi connectivity index (χ0v) is 11.3. The summed E-state index contributed by atoms with van der Waals surface area (Å²) in [5.74, 6) is 1.37. The third kappa shape index (κ3) is 2.79. The zero-order chi connectivity index (χ0) is 13.8. The van der Waals surface area contributed by atoms with Crippen molar-refractivity contribution in [2.45, 2.75) is 19.4 Å². The number of methoxy groups -OCH3 is 1. The van der Waals surface area contributed by atoms with E-state index in [9.17, 15) is 0 Å². The summed E-state index contributed by atoms with van der Waals surface area (Å²) >= 11 is 0. The van der Waals surface area contributed by atoms with Crippen LogP contribution in [0.3, 0.4) is 0 Å². The van der Waals surface area contributed by atoms with Gasteiger partial charge in [-0.05, 0) is 12.8 Å². The van der Waals surface area contributed by atoms with Crippen LogP contribution in [0.5, 0.6) is 6.01 Å². The number of aromatic nitrogens is 5. The van der Waals surface area contributed by atoms with Crippen molar-refractivity contribution < 1.29 is 4.74 Å². The van der Waals surface area contributed by atoms with E-state index in [2.05, 4.69) is 35.4 Å². The van der Waals surface area contributed by atoms with Crippen LogP contribution < -0.4 is 15.0 Å². The summed E-state index contributed by atoms with van der Waals surface area (Å²) in [4.78, 5) is 15.1. The average molecular weight is 275 g/mol. The highest BCUT2D eigenvalue weighted by molar-refractivity contribution is 5.32. The Morgan fingerprint density at radius 2 is 2.05 bits per heavy atom. The van der Waals surface area contributed by atoms with Crippen molar-refractivity contribution in [1.29, 1.82) is 0 Å². The van der Waals surface area contributed by atoms with Crippen LogP contribution in [0.1, 0.15) is 18.4 Å². The summed E-state index contributed by atoms with van der Waals surface area (Å²) in [5.41, 5.74) is 0.989. The van der Waals surface area contributed by atoms with Crippen molar-refractivity contribution in [2.24, 2.45) is 0 Å². The van der Waals surface area contributed by atoms with Crippen molar-refractivity contribution in [3.05, 3.63) is 18.0 Å². The quantitative estimate of drug-likeness (QED) is 0.834. The smallest absolute Gasteiger partial charge is 0.336 e. The highest BCUT2D eigenvalue weighted by atomic mass is 16.5. The predicted molar refractivity (Wildman–Crippen MR) is 73.7 cm³/mol. The first-order valence-electron chi connectivity index (χ1n) is 6.61. The van der Waals surface area contributed by atoms with Crippen LogP contribution in [-0.4, -0.2) is 45.3 Å². The molecule has 20 heavy (non-hydrogen) atoms. The predicted octanol–water partition coefficient (Wildman–Crippen LogP) is 0.816. The second-order valence-corrected chi connectivity index (χ2v) is 4.61. The Balaban J connectivity index is 1.57. The maximum atomic E-state index is 4.90. The summed E-state index contributed by atoms with van der Waals surface area (Å²) in [6, 6.07) is 0.313. The molecule has 0 unspecified atom stereocenters. The van der Waals surface area contributed by atoms with Crippen molar-refractivity contribution >= 4 is 11.9 Å². The summed E-state index contributed by atoms with van der Waals surface area (Å²) < 4.78 is 4.90. The highest BCUT2D eigenvalue weighted by Crippen LogP contribution is 2.15. The van der Waals surface area contributed by atoms with Gasteiger partial charge < -0.3 is 15.0 Å². The van der Waals surface area contributed by atoms with Crippen LogP contribution in [-0.2, 0) is 6.54 Å². The molecule has 8 nitrogen and oxygen atoms in total. The van der Waals surface area contributed by atoms with E-state index >= 15 is 0 Å². The normalized spacial score (nSPS) is 14.6. The lowest BCUT2D eigenvalue weighted by atomic mass is 10.3. The standard InChI is InChI=1S/C12H17N7O/c1-20-12-16-10(17-18-12)13-6-9-7-14-11(15-8-9)19-4-2-3-5-19/h7-8H,2-6H2,1H3,(H2,13,16,17,18). The fraction of sp³-hybridized carbons (Fsp3) is 0.500. The van der Waals surface area contributed by atoms with E-state index < -0.39 is 0 Å². The van der Waals surface area contributed by atoms with Crippen molar-refractivity contribution in [3.8, 4) is 6.01 Å². The van der Waals surface area contributed by atoms with Gasteiger partial charge in [0.15, 0.2) is 0 Å². The number of anilines is 2. The second kappa shape index (κ2) is 5.72. The van der Waals surface area contributed by atoms with Crippen LogP contribution in [0.4, 0.5) is 11.9 Å². The van der Waals surface area contributed by atoms with E-state index in [1.54, 1.807) is 0 Å². The molecule has 0 aromatic carbocycles. The minimum absolute atomic E-state index is 0.313. The molecular weight excluding hydrogens is 258 g/mol. The van der Waals surface area contributed by atoms with Gasteiger partial charge in [0.25, 0.3) is 0 Å². The Kier molecular flexibility index (Phi) is 3.62. The molecule has 3 rings (SSSR count). The molecule has 1 saturated heterocycles. The van der Waals surface area contributed by atoms with E-state index in [1.807, 2.05) is 12.4 Å². The number of H-pyrrole nitrogens is 1. The molecule has 2 aromatic rings. The van der Waals surface area contributed by atoms with Crippen LogP contribution in [0, 0.1) is 0 Å². The number of ether oxygens (including phenoxy) is 1. The molecule has 2 N–H and O–H groups in total. The lowest BCUT2D eigenvalue weighted by Crippen LogP contribution is -2.20. The Morgan fingerprint density at radius 3 is 2.70 bits per heavy atom. The third-order valence-electron chi connectivity index (χ3n) is 3.19. The third-order valence-corrected chi connectivity index (χ3v) is 3.19. The molecule has 1 aliphatic heterocycles. The van der Waals surface area contributed by atoms with Crippen LogP contribution in [0.15, 0.2) is 12.4 Å². The summed E-state index contributed by atoms with van der Waals surface area (Å²) in [7, 11) is 1.53. The molecule has 0 radical (unpaired) electrons. The van der Waals surface area contributed by atoms with Crippen LogP contribution in [0.2, 0.25) is 0 Å². The van der Waals surface area contributed by atoms with E-state index in [0.29, 0.717) is 18.5 Å². The fourth-order valence-electron chi connectivity index (χ4n) is 2.12. The molecule has 0 saturated carbocycles. The number of aromatic amines is 1. The topological polar surface area (TPSA) is 91.8 Å². The second-order valence-electron chi connectivity index (χ2n) is 4.61. The van der Waals surface area contributed by atoms with Gasteiger partial charge in [-0.3, -0.25) is 0 Å². The molecular formula is C12H17N7O. The number of hydrogen-bond acceptors (Lipinski definition) is 7. The molecule has 3 heterocycles. The van der Waals surface area contributed by atoms with Crippen molar-refractivity contribution in [1.82, 2.24) is 25.1 Å². The molecule has 1 aliphatic rings. The van der Waals surface area contributed by atoms with Gasteiger partial charge in [0.2, 0.25) is 11.9 Å². The Hall–Kier alpha value is -2.38. The number of nitrogens with zero attached hydrogens (tertiary/aromatic N) is 5. The Bertz CT molecular complexity index is 547. The molecule has 0 spiro atoms. The van der Waals surface area contributed by atoms with Gasteiger partial charge in [-0.2, -0.15) is 4.98 Å². The molecule has 0 aliphatic carbocycles. The SMILES string of the molecule is COc1n[nH]c(NCc2cnc(N3CCCC3)nc2)n1. The Labute approximate surface area is 116 Å². The summed E-state index contributed by atoms with van der Waals surface area (Å²) in [6.07, 6.45) is 6.11. The van der Waals surface area contributed by atoms with Crippen LogP contribution >= 0.6 is 0 Å². The molecule has 8 heteroatoms. The molecule has 0 bridgehead atoms. The lowest BCUT2D eigenvalue weighted by molar-refractivity contribution is 0.382. The maximum absolute atomic E-state index is 4.90. The average Bonchev–Trinajstić information content (AvgIpc) is 3.17. The first-order valence-corrected chi connectivity index (χ1v) is 6.61. The molecule has 106 valence electrons.